The fourth-order valence-corrected chi connectivity index (χ4v) is 4.58. The van der Waals surface area contributed by atoms with Gasteiger partial charge in [0.15, 0.2) is 19.6 Å². The zero-order chi connectivity index (χ0) is 27.3. The normalized spacial score (nSPS) is 32.7. The summed E-state index contributed by atoms with van der Waals surface area (Å²) >= 11 is 0. The average molecular weight is 538 g/mol. The monoisotopic (exact) mass is 538 g/mol. The first-order chi connectivity index (χ1) is 16.4. The number of nitrogens with zero attached hydrogens (tertiary/aromatic N) is 4. The van der Waals surface area contributed by atoms with E-state index < -0.39 is 14.5 Å². The number of fused-ring (bicyclic) bond motifs is 6. The lowest BCUT2D eigenvalue weighted by Crippen LogP contribution is -2.73. The molecular formula is C19H29B2F9N4O2. The van der Waals surface area contributed by atoms with Gasteiger partial charge in [0.1, 0.15) is 19.6 Å². The number of carbonyl (C=O) groups is 1. The lowest BCUT2D eigenvalue weighted by molar-refractivity contribution is -1.13. The Morgan fingerprint density at radius 2 is 1.06 bits per heavy atom. The summed E-state index contributed by atoms with van der Waals surface area (Å²) in [6, 6.07) is 9.39. The summed E-state index contributed by atoms with van der Waals surface area (Å²) < 4.78 is 92.2. The minimum Gasteiger partial charge on any atom is -0.633 e. The molecule has 0 N–H and O–H groups in total. The molecule has 0 aliphatic carbocycles. The number of carbonyl (C=O) groups excluding carboxylic acids is 1. The number of amides is 1. The first-order valence-electron chi connectivity index (χ1n) is 11.5. The van der Waals surface area contributed by atoms with Crippen molar-refractivity contribution in [1.29, 1.82) is 0 Å². The summed E-state index contributed by atoms with van der Waals surface area (Å²) in [5.74, 6) is 0.163. The smallest absolute Gasteiger partial charge is 0.633 e. The van der Waals surface area contributed by atoms with E-state index in [1.165, 1.54) is 0 Å². The first-order valence-corrected chi connectivity index (χ1v) is 11.5. The van der Waals surface area contributed by atoms with E-state index in [9.17, 15) is 49.0 Å². The van der Waals surface area contributed by atoms with Crippen molar-refractivity contribution in [2.24, 2.45) is 0 Å². The van der Waals surface area contributed by atoms with Crippen LogP contribution in [0, 0.1) is 5.21 Å². The maximum Gasteiger partial charge on any atom is 0.673 e. The molecule has 6 heterocycles. The Bertz CT molecular complexity index is 791. The Balaban J connectivity index is 0.000000201. The fourth-order valence-electron chi connectivity index (χ4n) is 4.58. The number of hydrogen-bond donors (Lipinski definition) is 0. The highest BCUT2D eigenvalue weighted by molar-refractivity contribution is 6.50. The quantitative estimate of drug-likeness (QED) is 0.181. The van der Waals surface area contributed by atoms with Crippen molar-refractivity contribution in [1.82, 2.24) is 4.90 Å². The lowest BCUT2D eigenvalue weighted by Gasteiger charge is -2.53. The van der Waals surface area contributed by atoms with Crippen LogP contribution in [-0.2, 0) is 0 Å². The van der Waals surface area contributed by atoms with E-state index in [-0.39, 0.29) is 15.3 Å². The van der Waals surface area contributed by atoms with Gasteiger partial charge in [-0.15, -0.1) is 4.71 Å². The minimum atomic E-state index is -6.00. The van der Waals surface area contributed by atoms with Crippen molar-refractivity contribution >= 4 is 20.4 Å². The van der Waals surface area contributed by atoms with Crippen molar-refractivity contribution in [3.05, 3.63) is 41.1 Å². The lowest BCUT2D eigenvalue weighted by atomic mass is 10.1. The van der Waals surface area contributed by atoms with E-state index in [1.807, 2.05) is 30.3 Å². The third-order valence-corrected chi connectivity index (χ3v) is 6.71. The number of benzene rings is 1. The summed E-state index contributed by atoms with van der Waals surface area (Å²) in [7, 11) is -12.0. The molecule has 6 aliphatic heterocycles. The van der Waals surface area contributed by atoms with Gasteiger partial charge >= 0.3 is 20.4 Å². The Morgan fingerprint density at radius 1 is 0.694 bits per heavy atom. The molecule has 6 nitrogen and oxygen atoms in total. The second kappa shape index (κ2) is 11.7. The SMILES string of the molecule is F[B-](F)(F)F.F[B-](F)(F)F.O=C(c1ccccc1)[N+]12CC[N+](F)(CC1)CC2.[O-][N+]12CCN(CC1)CC2. The van der Waals surface area contributed by atoms with Gasteiger partial charge in [0.2, 0.25) is 0 Å². The third-order valence-electron chi connectivity index (χ3n) is 6.71. The highest BCUT2D eigenvalue weighted by atomic mass is 19.5. The molecule has 17 heteroatoms. The number of hydrogen-bond acceptors (Lipinski definition) is 3. The van der Waals surface area contributed by atoms with Gasteiger partial charge in [-0.05, 0) is 16.6 Å². The molecule has 6 aliphatic rings. The molecule has 1 amide bonds. The van der Waals surface area contributed by atoms with Gasteiger partial charge in [0, 0.05) is 19.6 Å². The molecule has 206 valence electrons. The predicted molar refractivity (Wildman–Crippen MR) is 117 cm³/mol. The van der Waals surface area contributed by atoms with Gasteiger partial charge in [-0.3, -0.25) is 4.90 Å². The van der Waals surface area contributed by atoms with E-state index in [0.29, 0.717) is 43.8 Å². The number of quaternary nitrogens is 3. The van der Waals surface area contributed by atoms with Gasteiger partial charge in [0.05, 0.1) is 25.2 Å². The largest absolute Gasteiger partial charge is 0.673 e. The minimum absolute atomic E-state index is 0.0938. The van der Waals surface area contributed by atoms with Crippen LogP contribution in [0.1, 0.15) is 10.4 Å². The number of halogens is 9. The summed E-state index contributed by atoms with van der Waals surface area (Å²) in [6.45, 7) is 8.98. The zero-order valence-corrected chi connectivity index (χ0v) is 19.5. The molecule has 4 bridgehead atoms. The Labute approximate surface area is 203 Å². The third kappa shape index (κ3) is 10.3. The molecule has 1 aromatic carbocycles. The van der Waals surface area contributed by atoms with Gasteiger partial charge in [-0.2, -0.15) is 0 Å². The molecule has 0 atom stereocenters. The predicted octanol–water partition coefficient (Wildman–Crippen LogP) is 3.60. The van der Waals surface area contributed by atoms with Crippen molar-refractivity contribution in [2.45, 2.75) is 0 Å². The molecule has 6 saturated heterocycles. The topological polar surface area (TPSA) is 43.4 Å². The van der Waals surface area contributed by atoms with Crippen LogP contribution in [0.4, 0.5) is 39.0 Å². The van der Waals surface area contributed by atoms with Crippen LogP contribution in [0.5, 0.6) is 0 Å². The van der Waals surface area contributed by atoms with Gasteiger partial charge in [-0.1, -0.05) is 18.2 Å². The van der Waals surface area contributed by atoms with Crippen molar-refractivity contribution in [3.63, 3.8) is 0 Å². The van der Waals surface area contributed by atoms with Crippen LogP contribution < -0.4 is 0 Å². The second-order valence-corrected chi connectivity index (χ2v) is 9.25. The van der Waals surface area contributed by atoms with E-state index in [0.717, 1.165) is 44.8 Å². The first kappa shape index (κ1) is 30.4. The molecule has 0 aromatic heterocycles. The molecule has 0 radical (unpaired) electrons. The molecule has 6 fully saturated rings. The molecule has 7 rings (SSSR count). The van der Waals surface area contributed by atoms with Crippen LogP contribution in [0.25, 0.3) is 0 Å². The van der Waals surface area contributed by atoms with Crippen LogP contribution in [-0.4, -0.2) is 118 Å². The van der Waals surface area contributed by atoms with Crippen molar-refractivity contribution < 1.29 is 57.6 Å². The molecule has 0 unspecified atom stereocenters. The molecule has 1 aromatic rings. The van der Waals surface area contributed by atoms with Gasteiger partial charge < -0.3 is 44.4 Å². The fraction of sp³-hybridized carbons (Fsp3) is 0.632. The van der Waals surface area contributed by atoms with E-state index in [2.05, 4.69) is 4.90 Å². The Morgan fingerprint density at radius 3 is 1.36 bits per heavy atom. The van der Waals surface area contributed by atoms with Crippen LogP contribution in [0.15, 0.2) is 30.3 Å². The number of hydroxylamine groups is 3. The average Bonchev–Trinajstić information content (AvgIpc) is 2.79. The Kier molecular flexibility index (Phi) is 9.89. The second-order valence-electron chi connectivity index (χ2n) is 9.25. The molecule has 0 saturated carbocycles. The maximum absolute atomic E-state index is 14.0. The van der Waals surface area contributed by atoms with Gasteiger partial charge in [0.25, 0.3) is 0 Å². The number of rotatable bonds is 1. The van der Waals surface area contributed by atoms with Gasteiger partial charge in [-0.25, -0.2) is 9.28 Å². The molecule has 36 heavy (non-hydrogen) atoms. The van der Waals surface area contributed by atoms with E-state index >= 15 is 0 Å². The maximum atomic E-state index is 14.0. The van der Waals surface area contributed by atoms with Crippen molar-refractivity contribution in [3.8, 4) is 0 Å². The van der Waals surface area contributed by atoms with Crippen LogP contribution in [0.2, 0.25) is 0 Å². The summed E-state index contributed by atoms with van der Waals surface area (Å²) in [6.07, 6.45) is 0. The Hall–Kier alpha value is -1.81. The van der Waals surface area contributed by atoms with Crippen molar-refractivity contribution in [2.75, 3.05) is 78.5 Å². The summed E-state index contributed by atoms with van der Waals surface area (Å²) in [5, 5.41) is 11.4. The summed E-state index contributed by atoms with van der Waals surface area (Å²) in [5.41, 5.74) is 0.758. The summed E-state index contributed by atoms with van der Waals surface area (Å²) in [4.78, 5) is 14.9. The van der Waals surface area contributed by atoms with Crippen LogP contribution >= 0.6 is 0 Å². The van der Waals surface area contributed by atoms with E-state index in [4.69, 9.17) is 0 Å². The highest BCUT2D eigenvalue weighted by Crippen LogP contribution is 2.29. The standard InChI is InChI=1S/C13H17FN2O.C6H12N2O.2BF4/c14-16-9-6-15(7-10-16,8-11-16)13(17)12-4-2-1-3-5-12;9-8-4-1-7(2-5-8)3-6-8;2*2-1(3,4)5/h1-5H,6-11H2;1-6H2;;/q+2;;2*-1. The van der Waals surface area contributed by atoms with Crippen LogP contribution in [0.3, 0.4) is 0 Å². The zero-order valence-electron chi connectivity index (χ0n) is 19.5. The highest BCUT2D eigenvalue weighted by Gasteiger charge is 2.54. The number of piperazine rings is 6. The molecular weight excluding hydrogens is 509 g/mol. The molecule has 0 spiro atoms. The van der Waals surface area contributed by atoms with E-state index in [1.54, 1.807) is 0 Å².